The van der Waals surface area contributed by atoms with Crippen molar-refractivity contribution in [2.45, 2.75) is 18.8 Å². The first-order chi connectivity index (χ1) is 15.1. The van der Waals surface area contributed by atoms with Crippen LogP contribution < -0.4 is 10.9 Å². The van der Waals surface area contributed by atoms with Crippen molar-refractivity contribution in [2.24, 2.45) is 0 Å². The molecule has 4 aromatic rings. The first kappa shape index (κ1) is 19.4. The van der Waals surface area contributed by atoms with Gasteiger partial charge in [0.05, 0.1) is 5.69 Å². The molecule has 31 heavy (non-hydrogen) atoms. The summed E-state index contributed by atoms with van der Waals surface area (Å²) in [7, 11) is 0. The highest BCUT2D eigenvalue weighted by molar-refractivity contribution is 7.15. The van der Waals surface area contributed by atoms with Crippen LogP contribution >= 0.6 is 11.3 Å². The van der Waals surface area contributed by atoms with E-state index in [0.29, 0.717) is 24.7 Å². The van der Waals surface area contributed by atoms with Gasteiger partial charge in [0.1, 0.15) is 16.3 Å². The number of anilines is 2. The summed E-state index contributed by atoms with van der Waals surface area (Å²) in [6.07, 6.45) is 3.68. The number of likely N-dealkylation sites (tertiary alicyclic amines) is 1. The number of benzene rings is 1. The second-order valence-corrected chi connectivity index (χ2v) is 8.33. The molecule has 1 fully saturated rings. The van der Waals surface area contributed by atoms with Crippen molar-refractivity contribution in [3.63, 3.8) is 0 Å². The number of carbonyl (C=O) groups is 1. The smallest absolute Gasteiger partial charge is 0.274 e. The number of fused-ring (bicyclic) bond motifs is 1. The van der Waals surface area contributed by atoms with Crippen LogP contribution in [0.2, 0.25) is 0 Å². The van der Waals surface area contributed by atoms with Crippen LogP contribution in [0.3, 0.4) is 0 Å². The van der Waals surface area contributed by atoms with Crippen molar-refractivity contribution >= 4 is 33.7 Å². The fraction of sp³-hybridized carbons (Fsp3) is 0.238. The SMILES string of the molecule is O=C(c1ccc(=O)[nH]n1)N1CCC[C@H](c2nc(Nc3cccc(F)c3)n3ccsc23)C1. The van der Waals surface area contributed by atoms with Crippen molar-refractivity contribution in [1.29, 1.82) is 0 Å². The Morgan fingerprint density at radius 2 is 2.19 bits per heavy atom. The maximum absolute atomic E-state index is 13.6. The van der Waals surface area contributed by atoms with Gasteiger partial charge in [-0.15, -0.1) is 11.3 Å². The molecule has 1 atom stereocenters. The summed E-state index contributed by atoms with van der Waals surface area (Å²) in [5.74, 6) is 0.154. The van der Waals surface area contributed by atoms with Gasteiger partial charge in [-0.25, -0.2) is 14.5 Å². The van der Waals surface area contributed by atoms with E-state index in [1.165, 1.54) is 24.3 Å². The minimum atomic E-state index is -0.343. The van der Waals surface area contributed by atoms with Gasteiger partial charge in [-0.3, -0.25) is 14.0 Å². The van der Waals surface area contributed by atoms with Gasteiger partial charge in [0, 0.05) is 42.3 Å². The Morgan fingerprint density at radius 3 is 3.00 bits per heavy atom. The molecule has 10 heteroatoms. The molecule has 158 valence electrons. The molecule has 0 unspecified atom stereocenters. The summed E-state index contributed by atoms with van der Waals surface area (Å²) < 4.78 is 15.5. The largest absolute Gasteiger partial charge is 0.337 e. The molecule has 1 amide bonds. The van der Waals surface area contributed by atoms with Gasteiger partial charge >= 0.3 is 0 Å². The van der Waals surface area contributed by atoms with Crippen molar-refractivity contribution in [1.82, 2.24) is 24.5 Å². The highest BCUT2D eigenvalue weighted by Gasteiger charge is 2.30. The van der Waals surface area contributed by atoms with Crippen molar-refractivity contribution in [3.05, 3.63) is 75.5 Å². The van der Waals surface area contributed by atoms with Crippen molar-refractivity contribution < 1.29 is 9.18 Å². The number of hydrogen-bond donors (Lipinski definition) is 2. The number of aromatic nitrogens is 4. The summed E-state index contributed by atoms with van der Waals surface area (Å²) in [5.41, 5.74) is 1.42. The number of carbonyl (C=O) groups excluding carboxylic acids is 1. The van der Waals surface area contributed by atoms with Crippen LogP contribution in [0, 0.1) is 5.82 Å². The zero-order valence-electron chi connectivity index (χ0n) is 16.4. The molecule has 1 saturated heterocycles. The Hall–Kier alpha value is -3.53. The molecule has 1 aliphatic rings. The number of rotatable bonds is 4. The fourth-order valence-electron chi connectivity index (χ4n) is 3.91. The number of thiazole rings is 1. The first-order valence-electron chi connectivity index (χ1n) is 9.91. The van der Waals surface area contributed by atoms with Crippen molar-refractivity contribution in [2.75, 3.05) is 18.4 Å². The Labute approximate surface area is 180 Å². The minimum absolute atomic E-state index is 0.0668. The Kier molecular flexibility index (Phi) is 4.99. The predicted octanol–water partition coefficient (Wildman–Crippen LogP) is 3.38. The number of H-pyrrole nitrogens is 1. The zero-order chi connectivity index (χ0) is 21.4. The zero-order valence-corrected chi connectivity index (χ0v) is 17.2. The van der Waals surface area contributed by atoms with Gasteiger partial charge < -0.3 is 10.2 Å². The quantitative estimate of drug-likeness (QED) is 0.509. The summed E-state index contributed by atoms with van der Waals surface area (Å²) in [4.78, 5) is 31.7. The molecular weight excluding hydrogens is 419 g/mol. The van der Waals surface area contributed by atoms with E-state index in [2.05, 4.69) is 15.5 Å². The molecule has 0 aliphatic carbocycles. The molecular formula is C21H19FN6O2S. The molecule has 1 aromatic carbocycles. The topological polar surface area (TPSA) is 95.4 Å². The van der Waals surface area contributed by atoms with E-state index in [4.69, 9.17) is 4.98 Å². The lowest BCUT2D eigenvalue weighted by Gasteiger charge is -2.31. The number of aromatic amines is 1. The standard InChI is InChI=1S/C21H19FN6O2S/c22-14-4-1-5-15(11-14)23-21-24-18(20-28(21)9-10-31-20)13-3-2-8-27(12-13)19(30)16-6-7-17(29)26-25-16/h1,4-7,9-11,13H,2-3,8,12H2,(H,23,24)(H,26,29)/t13-/m0/s1. The third-order valence-corrected chi connectivity index (χ3v) is 6.24. The Morgan fingerprint density at radius 1 is 1.29 bits per heavy atom. The number of amides is 1. The fourth-order valence-corrected chi connectivity index (χ4v) is 4.81. The second kappa shape index (κ2) is 7.95. The lowest BCUT2D eigenvalue weighted by atomic mass is 9.95. The van der Waals surface area contributed by atoms with E-state index in [-0.39, 0.29) is 28.9 Å². The summed E-state index contributed by atoms with van der Waals surface area (Å²) in [6.45, 7) is 1.15. The highest BCUT2D eigenvalue weighted by Crippen LogP contribution is 2.34. The van der Waals surface area contributed by atoms with E-state index < -0.39 is 0 Å². The van der Waals surface area contributed by atoms with Crippen molar-refractivity contribution in [3.8, 4) is 0 Å². The van der Waals surface area contributed by atoms with Gasteiger partial charge in [0.2, 0.25) is 5.95 Å². The number of piperidine rings is 1. The average molecular weight is 438 g/mol. The van der Waals surface area contributed by atoms with Gasteiger partial charge in [-0.2, -0.15) is 5.10 Å². The molecule has 0 bridgehead atoms. The molecule has 4 heterocycles. The van der Waals surface area contributed by atoms with Crippen LogP contribution in [0.4, 0.5) is 16.0 Å². The van der Waals surface area contributed by atoms with E-state index in [9.17, 15) is 14.0 Å². The molecule has 2 N–H and O–H groups in total. The summed E-state index contributed by atoms with van der Waals surface area (Å²) >= 11 is 1.58. The molecule has 1 aliphatic heterocycles. The predicted molar refractivity (Wildman–Crippen MR) is 115 cm³/mol. The minimum Gasteiger partial charge on any atom is -0.337 e. The lowest BCUT2D eigenvalue weighted by molar-refractivity contribution is 0.0699. The van der Waals surface area contributed by atoms with E-state index >= 15 is 0 Å². The number of hydrogen-bond acceptors (Lipinski definition) is 6. The van der Waals surface area contributed by atoms with E-state index in [1.807, 2.05) is 16.0 Å². The molecule has 3 aromatic heterocycles. The number of nitrogens with zero attached hydrogens (tertiary/aromatic N) is 4. The number of nitrogens with one attached hydrogen (secondary N) is 2. The normalized spacial score (nSPS) is 16.5. The van der Waals surface area contributed by atoms with E-state index in [0.717, 1.165) is 23.4 Å². The molecule has 8 nitrogen and oxygen atoms in total. The van der Waals surface area contributed by atoms with Crippen LogP contribution in [-0.4, -0.2) is 43.5 Å². The monoisotopic (exact) mass is 438 g/mol. The highest BCUT2D eigenvalue weighted by atomic mass is 32.1. The van der Waals surface area contributed by atoms with Crippen LogP contribution in [0.5, 0.6) is 0 Å². The van der Waals surface area contributed by atoms with Crippen LogP contribution in [0.1, 0.15) is 34.9 Å². The third kappa shape index (κ3) is 3.81. The van der Waals surface area contributed by atoms with Crippen LogP contribution in [0.25, 0.3) is 4.83 Å². The van der Waals surface area contributed by atoms with E-state index in [1.54, 1.807) is 28.4 Å². The Balaban J connectivity index is 1.41. The first-order valence-corrected chi connectivity index (χ1v) is 10.8. The maximum Gasteiger partial charge on any atom is 0.274 e. The molecule has 0 spiro atoms. The second-order valence-electron chi connectivity index (χ2n) is 7.43. The van der Waals surface area contributed by atoms with Crippen LogP contribution in [-0.2, 0) is 0 Å². The maximum atomic E-state index is 13.6. The summed E-state index contributed by atoms with van der Waals surface area (Å²) in [5, 5.41) is 11.3. The van der Waals surface area contributed by atoms with Gasteiger partial charge in [0.15, 0.2) is 0 Å². The number of halogens is 1. The van der Waals surface area contributed by atoms with Gasteiger partial charge in [-0.05, 0) is 37.1 Å². The number of imidazole rings is 1. The summed E-state index contributed by atoms with van der Waals surface area (Å²) in [6, 6.07) is 9.00. The molecule has 0 radical (unpaired) electrons. The van der Waals surface area contributed by atoms with Crippen LogP contribution in [0.15, 0.2) is 52.8 Å². The Bertz CT molecular complexity index is 1290. The molecule has 0 saturated carbocycles. The van der Waals surface area contributed by atoms with Gasteiger partial charge in [0.25, 0.3) is 11.5 Å². The average Bonchev–Trinajstić information content (AvgIpc) is 3.38. The lowest BCUT2D eigenvalue weighted by Crippen LogP contribution is -2.39. The molecule has 5 rings (SSSR count). The third-order valence-electron chi connectivity index (χ3n) is 5.36. The van der Waals surface area contributed by atoms with Gasteiger partial charge in [-0.1, -0.05) is 6.07 Å².